The SMILES string of the molecule is N#Cc1c(NC=O)nn(-c2ccc(C(F)(F)F)cc2Cl)c1C1CC1. The summed E-state index contributed by atoms with van der Waals surface area (Å²) in [7, 11) is 0. The maximum atomic E-state index is 12.8. The molecule has 1 N–H and O–H groups in total. The summed E-state index contributed by atoms with van der Waals surface area (Å²) < 4.78 is 39.6. The molecule has 1 aromatic carbocycles. The molecule has 0 radical (unpaired) electrons. The third-order valence-electron chi connectivity index (χ3n) is 3.70. The highest BCUT2D eigenvalue weighted by atomic mass is 35.5. The van der Waals surface area contributed by atoms with E-state index in [-0.39, 0.29) is 28.0 Å². The van der Waals surface area contributed by atoms with Gasteiger partial charge in [-0.15, -0.1) is 5.10 Å². The molecule has 1 fully saturated rings. The summed E-state index contributed by atoms with van der Waals surface area (Å²) >= 11 is 6.02. The Morgan fingerprint density at radius 3 is 2.62 bits per heavy atom. The van der Waals surface area contributed by atoms with Gasteiger partial charge in [0.05, 0.1) is 22.0 Å². The van der Waals surface area contributed by atoms with E-state index in [2.05, 4.69) is 10.4 Å². The van der Waals surface area contributed by atoms with E-state index >= 15 is 0 Å². The van der Waals surface area contributed by atoms with E-state index in [1.165, 1.54) is 10.7 Å². The lowest BCUT2D eigenvalue weighted by molar-refractivity contribution is -0.137. The normalized spacial score (nSPS) is 14.3. The second-order valence-electron chi connectivity index (χ2n) is 5.33. The molecule has 1 aromatic heterocycles. The number of alkyl halides is 3. The first-order valence-electron chi connectivity index (χ1n) is 6.97. The molecule has 24 heavy (non-hydrogen) atoms. The first kappa shape index (κ1) is 16.3. The van der Waals surface area contributed by atoms with Crippen LogP contribution in [0.4, 0.5) is 19.0 Å². The molecule has 1 aliphatic rings. The molecule has 1 heterocycles. The number of nitrogens with zero attached hydrogens (tertiary/aromatic N) is 3. The van der Waals surface area contributed by atoms with E-state index in [1.54, 1.807) is 0 Å². The first-order chi connectivity index (χ1) is 11.4. The molecule has 0 bridgehead atoms. The lowest BCUT2D eigenvalue weighted by Gasteiger charge is -2.12. The zero-order chi connectivity index (χ0) is 17.5. The maximum absolute atomic E-state index is 12.8. The third kappa shape index (κ3) is 2.83. The third-order valence-corrected chi connectivity index (χ3v) is 4.00. The minimum Gasteiger partial charge on any atom is -0.311 e. The molecule has 0 spiro atoms. The molecule has 2 aromatic rings. The van der Waals surface area contributed by atoms with Gasteiger partial charge in [0.2, 0.25) is 6.41 Å². The fourth-order valence-electron chi connectivity index (χ4n) is 2.47. The molecule has 0 aliphatic heterocycles. The molecule has 0 unspecified atom stereocenters. The number of amides is 1. The highest BCUT2D eigenvalue weighted by molar-refractivity contribution is 6.32. The van der Waals surface area contributed by atoms with Crippen LogP contribution >= 0.6 is 11.6 Å². The van der Waals surface area contributed by atoms with Gasteiger partial charge in [-0.1, -0.05) is 11.6 Å². The van der Waals surface area contributed by atoms with Crippen molar-refractivity contribution in [2.75, 3.05) is 5.32 Å². The molecular formula is C15H10ClF3N4O. The van der Waals surface area contributed by atoms with Crippen molar-refractivity contribution in [1.82, 2.24) is 9.78 Å². The molecule has 5 nitrogen and oxygen atoms in total. The van der Waals surface area contributed by atoms with Crippen LogP contribution in [0.2, 0.25) is 5.02 Å². The van der Waals surface area contributed by atoms with Gasteiger partial charge in [0.25, 0.3) is 0 Å². The molecule has 0 saturated heterocycles. The number of nitriles is 1. The van der Waals surface area contributed by atoms with Crippen LogP contribution in [-0.2, 0) is 11.0 Å². The summed E-state index contributed by atoms with van der Waals surface area (Å²) in [5.41, 5.74) is 0.0919. The quantitative estimate of drug-likeness (QED) is 0.847. The van der Waals surface area contributed by atoms with Crippen molar-refractivity contribution in [1.29, 1.82) is 5.26 Å². The lowest BCUT2D eigenvalue weighted by Crippen LogP contribution is -2.07. The number of carbonyl (C=O) groups is 1. The van der Waals surface area contributed by atoms with Crippen molar-refractivity contribution in [3.05, 3.63) is 40.0 Å². The van der Waals surface area contributed by atoms with Crippen LogP contribution in [0.15, 0.2) is 18.2 Å². The second kappa shape index (κ2) is 5.83. The number of halogens is 4. The molecule has 124 valence electrons. The highest BCUT2D eigenvalue weighted by Gasteiger charge is 2.35. The Kier molecular flexibility index (Phi) is 3.97. The Bertz CT molecular complexity index is 850. The van der Waals surface area contributed by atoms with Gasteiger partial charge < -0.3 is 5.32 Å². The molecule has 1 amide bonds. The van der Waals surface area contributed by atoms with Crippen LogP contribution in [0.25, 0.3) is 5.69 Å². The van der Waals surface area contributed by atoms with Crippen LogP contribution in [-0.4, -0.2) is 16.2 Å². The predicted octanol–water partition coefficient (Wildman–Crippen LogP) is 3.86. The van der Waals surface area contributed by atoms with E-state index < -0.39 is 11.7 Å². The Labute approximate surface area is 139 Å². The largest absolute Gasteiger partial charge is 0.416 e. The standard InChI is InChI=1S/C15H10ClF3N4O/c16-11-5-9(15(17,18)19)3-4-12(11)23-13(8-1-2-8)10(6-20)14(22-23)21-7-24/h3-5,7-8H,1-2H2,(H,21,22,24). The molecule has 9 heteroatoms. The number of rotatable bonds is 4. The number of nitrogens with one attached hydrogen (secondary N) is 1. The topological polar surface area (TPSA) is 70.7 Å². The van der Waals surface area contributed by atoms with Gasteiger partial charge >= 0.3 is 6.18 Å². The van der Waals surface area contributed by atoms with Crippen LogP contribution in [0, 0.1) is 11.3 Å². The monoisotopic (exact) mass is 354 g/mol. The minimum atomic E-state index is -4.51. The first-order valence-corrected chi connectivity index (χ1v) is 7.35. The minimum absolute atomic E-state index is 0.0605. The number of hydrogen-bond acceptors (Lipinski definition) is 3. The van der Waals surface area contributed by atoms with Crippen LogP contribution in [0.3, 0.4) is 0 Å². The number of aromatic nitrogens is 2. The molecule has 1 aliphatic carbocycles. The lowest BCUT2D eigenvalue weighted by atomic mass is 10.1. The van der Waals surface area contributed by atoms with Crippen molar-refractivity contribution in [3.8, 4) is 11.8 Å². The van der Waals surface area contributed by atoms with Crippen LogP contribution < -0.4 is 5.32 Å². The molecule has 0 atom stereocenters. The van der Waals surface area contributed by atoms with Crippen LogP contribution in [0.5, 0.6) is 0 Å². The molecule has 1 saturated carbocycles. The van der Waals surface area contributed by atoms with Crippen LogP contribution in [0.1, 0.15) is 35.6 Å². The Morgan fingerprint density at radius 1 is 1.42 bits per heavy atom. The summed E-state index contributed by atoms with van der Waals surface area (Å²) in [4.78, 5) is 10.7. The maximum Gasteiger partial charge on any atom is 0.416 e. The Balaban J connectivity index is 2.16. The summed E-state index contributed by atoms with van der Waals surface area (Å²) in [6.07, 6.45) is -2.45. The van der Waals surface area contributed by atoms with Gasteiger partial charge in [0, 0.05) is 5.92 Å². The fraction of sp³-hybridized carbons (Fsp3) is 0.267. The number of benzene rings is 1. The average Bonchev–Trinajstić information content (AvgIpc) is 3.29. The Morgan fingerprint density at radius 2 is 2.12 bits per heavy atom. The zero-order valence-corrected chi connectivity index (χ0v) is 12.8. The van der Waals surface area contributed by atoms with Gasteiger partial charge in [0.1, 0.15) is 11.6 Å². The summed E-state index contributed by atoms with van der Waals surface area (Å²) in [5, 5.41) is 15.7. The molecule has 3 rings (SSSR count). The highest BCUT2D eigenvalue weighted by Crippen LogP contribution is 2.45. The fourth-order valence-corrected chi connectivity index (χ4v) is 2.73. The van der Waals surface area contributed by atoms with Crippen molar-refractivity contribution in [3.63, 3.8) is 0 Å². The van der Waals surface area contributed by atoms with Gasteiger partial charge in [-0.05, 0) is 31.0 Å². The van der Waals surface area contributed by atoms with Crippen molar-refractivity contribution in [2.45, 2.75) is 24.9 Å². The van der Waals surface area contributed by atoms with Gasteiger partial charge in [0.15, 0.2) is 5.82 Å². The summed E-state index contributed by atoms with van der Waals surface area (Å²) in [6, 6.07) is 4.91. The van der Waals surface area contributed by atoms with Gasteiger partial charge in [-0.25, -0.2) is 4.68 Å². The van der Waals surface area contributed by atoms with Gasteiger partial charge in [-0.3, -0.25) is 4.79 Å². The van der Waals surface area contributed by atoms with E-state index in [9.17, 15) is 23.2 Å². The van der Waals surface area contributed by atoms with Gasteiger partial charge in [-0.2, -0.15) is 18.4 Å². The van der Waals surface area contributed by atoms with E-state index in [0.29, 0.717) is 12.1 Å². The number of hydrogen-bond donors (Lipinski definition) is 1. The summed E-state index contributed by atoms with van der Waals surface area (Å²) in [6.45, 7) is 0. The van der Waals surface area contributed by atoms with E-state index in [1.807, 2.05) is 6.07 Å². The number of anilines is 1. The van der Waals surface area contributed by atoms with Crippen molar-refractivity contribution in [2.24, 2.45) is 0 Å². The smallest absolute Gasteiger partial charge is 0.311 e. The predicted molar refractivity (Wildman–Crippen MR) is 80.0 cm³/mol. The second-order valence-corrected chi connectivity index (χ2v) is 5.74. The average molecular weight is 355 g/mol. The van der Waals surface area contributed by atoms with Crippen molar-refractivity contribution < 1.29 is 18.0 Å². The molecular weight excluding hydrogens is 345 g/mol. The van der Waals surface area contributed by atoms with E-state index in [4.69, 9.17) is 11.6 Å². The zero-order valence-electron chi connectivity index (χ0n) is 12.1. The van der Waals surface area contributed by atoms with E-state index in [0.717, 1.165) is 25.0 Å². The van der Waals surface area contributed by atoms with Crippen molar-refractivity contribution >= 4 is 23.8 Å². The number of carbonyl (C=O) groups excluding carboxylic acids is 1. The summed E-state index contributed by atoms with van der Waals surface area (Å²) in [5.74, 6) is 0.123. The Hall–Kier alpha value is -2.53.